The van der Waals surface area contributed by atoms with Gasteiger partial charge in [-0.05, 0) is 25.2 Å². The van der Waals surface area contributed by atoms with Gasteiger partial charge in [-0.1, -0.05) is 13.3 Å². The summed E-state index contributed by atoms with van der Waals surface area (Å²) in [5.74, 6) is -1.47. The lowest BCUT2D eigenvalue weighted by atomic mass is 9.99. The van der Waals surface area contributed by atoms with Crippen LogP contribution in [0.15, 0.2) is 11.6 Å². The van der Waals surface area contributed by atoms with Crippen molar-refractivity contribution in [2.75, 3.05) is 5.32 Å². The zero-order chi connectivity index (χ0) is 13.4. The third kappa shape index (κ3) is 5.27. The summed E-state index contributed by atoms with van der Waals surface area (Å²) in [7, 11) is 0. The molecule has 1 heterocycles. The van der Waals surface area contributed by atoms with Crippen molar-refractivity contribution < 1.29 is 14.7 Å². The van der Waals surface area contributed by atoms with Crippen molar-refractivity contribution in [3.63, 3.8) is 0 Å². The number of aromatic nitrogens is 1. The molecule has 1 aromatic heterocycles. The molecule has 1 atom stereocenters. The van der Waals surface area contributed by atoms with E-state index in [4.69, 9.17) is 0 Å². The predicted octanol–water partition coefficient (Wildman–Crippen LogP) is 1.42. The van der Waals surface area contributed by atoms with Crippen LogP contribution in [0.5, 0.6) is 0 Å². The van der Waals surface area contributed by atoms with Crippen LogP contribution >= 0.6 is 11.3 Å². The van der Waals surface area contributed by atoms with Crippen LogP contribution in [0, 0.1) is 5.92 Å². The fourth-order valence-corrected chi connectivity index (χ4v) is 2.18. The molecule has 0 saturated heterocycles. The van der Waals surface area contributed by atoms with E-state index < -0.39 is 11.9 Å². The average Bonchev–Trinajstić information content (AvgIpc) is 2.81. The molecule has 18 heavy (non-hydrogen) atoms. The Bertz CT molecular complexity index is 379. The Morgan fingerprint density at radius 1 is 1.50 bits per heavy atom. The summed E-state index contributed by atoms with van der Waals surface area (Å²) in [6.07, 6.45) is 4.57. The Balaban J connectivity index is 2.14. The molecule has 0 spiro atoms. The Hall–Kier alpha value is -1.43. The van der Waals surface area contributed by atoms with Crippen LogP contribution in [-0.2, 0) is 9.59 Å². The summed E-state index contributed by atoms with van der Waals surface area (Å²) in [5, 5.41) is 15.8. The number of unbranched alkanes of at least 4 members (excludes halogenated alkanes) is 1. The van der Waals surface area contributed by atoms with E-state index in [2.05, 4.69) is 10.3 Å². The standard InChI is InChI=1S/C12H18N2O3S/c1-2-9(11(16)17)5-3-4-6-10(15)14-12-13-7-8-18-12/h7-9H,2-6H2,1H3,(H,16,17)(H,13,14,15)/p-1/t9-/m0/s1. The summed E-state index contributed by atoms with van der Waals surface area (Å²) in [6.45, 7) is 1.83. The zero-order valence-electron chi connectivity index (χ0n) is 10.3. The van der Waals surface area contributed by atoms with E-state index >= 15 is 0 Å². The lowest BCUT2D eigenvalue weighted by Gasteiger charge is -2.15. The van der Waals surface area contributed by atoms with Crippen LogP contribution in [-0.4, -0.2) is 16.9 Å². The first-order valence-electron chi connectivity index (χ1n) is 6.03. The third-order valence-electron chi connectivity index (χ3n) is 2.71. The second kappa shape index (κ2) is 7.81. The van der Waals surface area contributed by atoms with E-state index in [-0.39, 0.29) is 5.91 Å². The summed E-state index contributed by atoms with van der Waals surface area (Å²) in [5.41, 5.74) is 0. The molecule has 1 amide bonds. The summed E-state index contributed by atoms with van der Waals surface area (Å²) >= 11 is 1.37. The maximum atomic E-state index is 11.5. The van der Waals surface area contributed by atoms with Crippen molar-refractivity contribution in [1.82, 2.24) is 4.98 Å². The van der Waals surface area contributed by atoms with Crippen LogP contribution in [0.4, 0.5) is 5.13 Å². The van der Waals surface area contributed by atoms with Crippen LogP contribution in [0.25, 0.3) is 0 Å². The monoisotopic (exact) mass is 269 g/mol. The largest absolute Gasteiger partial charge is 0.550 e. The van der Waals surface area contributed by atoms with Gasteiger partial charge < -0.3 is 15.2 Å². The number of rotatable bonds is 8. The number of hydrogen-bond donors (Lipinski definition) is 1. The quantitative estimate of drug-likeness (QED) is 0.723. The van der Waals surface area contributed by atoms with Gasteiger partial charge in [0.25, 0.3) is 0 Å². The average molecular weight is 269 g/mol. The van der Waals surface area contributed by atoms with Crippen molar-refractivity contribution in [2.45, 2.75) is 39.0 Å². The highest BCUT2D eigenvalue weighted by atomic mass is 32.1. The van der Waals surface area contributed by atoms with Gasteiger partial charge in [0.2, 0.25) is 5.91 Å². The Labute approximate surface area is 110 Å². The van der Waals surface area contributed by atoms with Crippen molar-refractivity contribution in [1.29, 1.82) is 0 Å². The van der Waals surface area contributed by atoms with E-state index in [1.165, 1.54) is 11.3 Å². The predicted molar refractivity (Wildman–Crippen MR) is 68.0 cm³/mol. The Kier molecular flexibility index (Phi) is 6.35. The SMILES string of the molecule is CC[C@@H](CCCCC(=O)Nc1nccs1)C(=O)[O-]. The Morgan fingerprint density at radius 2 is 2.28 bits per heavy atom. The number of nitrogens with one attached hydrogen (secondary N) is 1. The molecule has 0 aromatic carbocycles. The normalized spacial score (nSPS) is 12.1. The van der Waals surface area contributed by atoms with Gasteiger partial charge >= 0.3 is 0 Å². The molecule has 0 aliphatic carbocycles. The summed E-state index contributed by atoms with van der Waals surface area (Å²) < 4.78 is 0. The number of carbonyl (C=O) groups is 2. The highest BCUT2D eigenvalue weighted by molar-refractivity contribution is 7.13. The van der Waals surface area contributed by atoms with Crippen LogP contribution in [0.3, 0.4) is 0 Å². The molecule has 5 nitrogen and oxygen atoms in total. The van der Waals surface area contributed by atoms with Crippen molar-refractivity contribution >= 4 is 28.3 Å². The first-order chi connectivity index (χ1) is 8.63. The molecule has 1 N–H and O–H groups in total. The third-order valence-corrected chi connectivity index (χ3v) is 3.40. The van der Waals surface area contributed by atoms with Gasteiger partial charge in [0, 0.05) is 24.0 Å². The van der Waals surface area contributed by atoms with Gasteiger partial charge in [0.1, 0.15) is 0 Å². The number of hydrogen-bond acceptors (Lipinski definition) is 5. The van der Waals surface area contributed by atoms with E-state index in [1.54, 1.807) is 11.6 Å². The molecule has 0 aliphatic heterocycles. The first kappa shape index (κ1) is 14.6. The van der Waals surface area contributed by atoms with Crippen LogP contribution < -0.4 is 10.4 Å². The molecule has 0 radical (unpaired) electrons. The lowest BCUT2D eigenvalue weighted by Crippen LogP contribution is -2.30. The number of aliphatic carboxylic acids is 1. The van der Waals surface area contributed by atoms with Crippen molar-refractivity contribution in [2.24, 2.45) is 5.92 Å². The maximum Gasteiger partial charge on any atom is 0.226 e. The van der Waals surface area contributed by atoms with E-state index in [0.717, 1.165) is 6.42 Å². The number of amides is 1. The number of anilines is 1. The number of carboxylic acids is 1. The molecule has 0 unspecified atom stereocenters. The highest BCUT2D eigenvalue weighted by Gasteiger charge is 2.08. The van der Waals surface area contributed by atoms with Gasteiger partial charge in [0.05, 0.1) is 0 Å². The maximum absolute atomic E-state index is 11.5. The molecule has 0 aliphatic rings. The topological polar surface area (TPSA) is 82.1 Å². The second-order valence-corrected chi connectivity index (χ2v) is 4.95. The summed E-state index contributed by atoms with van der Waals surface area (Å²) in [4.78, 5) is 26.1. The Morgan fingerprint density at radius 3 is 2.83 bits per heavy atom. The van der Waals surface area contributed by atoms with Gasteiger partial charge in [-0.25, -0.2) is 4.98 Å². The molecule has 1 rings (SSSR count). The minimum absolute atomic E-state index is 0.0774. The van der Waals surface area contributed by atoms with E-state index in [9.17, 15) is 14.7 Å². The first-order valence-corrected chi connectivity index (χ1v) is 6.91. The molecule has 100 valence electrons. The number of nitrogens with zero attached hydrogens (tertiary/aromatic N) is 1. The molecule has 1 aromatic rings. The molecular formula is C12H17N2O3S-. The van der Waals surface area contributed by atoms with Gasteiger partial charge in [0.15, 0.2) is 5.13 Å². The van der Waals surface area contributed by atoms with Crippen molar-refractivity contribution in [3.05, 3.63) is 11.6 Å². The van der Waals surface area contributed by atoms with Gasteiger partial charge in [-0.15, -0.1) is 11.3 Å². The smallest absolute Gasteiger partial charge is 0.226 e. The summed E-state index contributed by atoms with van der Waals surface area (Å²) in [6, 6.07) is 0. The zero-order valence-corrected chi connectivity index (χ0v) is 11.2. The van der Waals surface area contributed by atoms with Gasteiger partial charge in [-0.3, -0.25) is 4.79 Å². The molecule has 0 saturated carbocycles. The number of carboxylic acid groups (broad SMARTS) is 1. The van der Waals surface area contributed by atoms with Crippen LogP contribution in [0.2, 0.25) is 0 Å². The fourth-order valence-electron chi connectivity index (χ4n) is 1.63. The fraction of sp³-hybridized carbons (Fsp3) is 0.583. The van der Waals surface area contributed by atoms with E-state index in [1.807, 2.05) is 6.92 Å². The minimum Gasteiger partial charge on any atom is -0.550 e. The van der Waals surface area contributed by atoms with E-state index in [0.29, 0.717) is 30.8 Å². The van der Waals surface area contributed by atoms with Crippen LogP contribution in [0.1, 0.15) is 39.0 Å². The second-order valence-electron chi connectivity index (χ2n) is 4.06. The minimum atomic E-state index is -0.996. The van der Waals surface area contributed by atoms with Crippen molar-refractivity contribution in [3.8, 4) is 0 Å². The highest BCUT2D eigenvalue weighted by Crippen LogP contribution is 2.14. The number of carbonyl (C=O) groups excluding carboxylic acids is 2. The number of thiazole rings is 1. The molecule has 6 heteroatoms. The van der Waals surface area contributed by atoms with Gasteiger partial charge in [-0.2, -0.15) is 0 Å². The lowest BCUT2D eigenvalue weighted by molar-refractivity contribution is -0.311. The molecule has 0 bridgehead atoms. The molecule has 0 fully saturated rings. The molecular weight excluding hydrogens is 252 g/mol.